The van der Waals surface area contributed by atoms with Crippen molar-refractivity contribution in [2.24, 2.45) is 5.10 Å². The van der Waals surface area contributed by atoms with Gasteiger partial charge in [0.05, 0.1) is 35.1 Å². The maximum atomic E-state index is 13.1. The number of thioether (sulfide) groups is 2. The molecule has 0 aliphatic carbocycles. The number of likely N-dealkylation sites (tertiary alicyclic amines) is 1. The van der Waals surface area contributed by atoms with Crippen LogP contribution in [0.4, 0.5) is 18.9 Å². The molecule has 32 heavy (non-hydrogen) atoms. The molecule has 7 nitrogen and oxygen atoms in total. The number of benzene rings is 1. The number of anilines is 1. The molecule has 2 aromatic rings. The van der Waals surface area contributed by atoms with Gasteiger partial charge >= 0.3 is 6.18 Å². The highest BCUT2D eigenvalue weighted by Crippen LogP contribution is 2.38. The maximum absolute atomic E-state index is 13.1. The third-order valence-corrected chi connectivity index (χ3v) is 7.56. The lowest BCUT2D eigenvalue weighted by Crippen LogP contribution is -2.32. The van der Waals surface area contributed by atoms with E-state index in [1.807, 2.05) is 13.1 Å². The van der Waals surface area contributed by atoms with E-state index < -0.39 is 11.7 Å². The number of hydrogen-bond donors (Lipinski definition) is 0. The second kappa shape index (κ2) is 8.80. The molecule has 2 aliphatic rings. The predicted molar refractivity (Wildman–Crippen MR) is 119 cm³/mol. The highest BCUT2D eigenvalue weighted by atomic mass is 32.2. The topological polar surface area (TPSA) is 77.5 Å². The van der Waals surface area contributed by atoms with Crippen LogP contribution >= 0.6 is 23.5 Å². The van der Waals surface area contributed by atoms with Crippen LogP contribution in [-0.4, -0.2) is 46.2 Å². The summed E-state index contributed by atoms with van der Waals surface area (Å²) in [7, 11) is 3.72. The number of alkyl halides is 3. The standard InChI is InChI=1S/C20H19F3N6OS2/c1-27-6-5-15(10-27)29-18(30)17-16(9-25-29)28(2)26-19(32-17)31-11-12-3-4-14(20(21,22)23)7-13(12)8-24/h3-4,7,9,15H,5-6,10-11H2,1-2H3. The number of nitrogens with zero attached hydrogens (tertiary/aromatic N) is 6. The quantitative estimate of drug-likeness (QED) is 0.662. The fourth-order valence-electron chi connectivity index (χ4n) is 3.60. The Kier molecular flexibility index (Phi) is 6.24. The van der Waals surface area contributed by atoms with E-state index in [1.54, 1.807) is 18.3 Å². The first-order valence-corrected chi connectivity index (χ1v) is 11.5. The van der Waals surface area contributed by atoms with Gasteiger partial charge in [-0.3, -0.25) is 9.80 Å². The number of rotatable bonds is 3. The number of likely N-dealkylation sites (N-methyl/N-ethyl adjacent to an activating group) is 1. The van der Waals surface area contributed by atoms with E-state index in [2.05, 4.69) is 15.1 Å². The molecule has 0 bridgehead atoms. The number of hydrogen-bond acceptors (Lipinski definition) is 8. The van der Waals surface area contributed by atoms with Crippen molar-refractivity contribution in [2.75, 3.05) is 32.2 Å². The summed E-state index contributed by atoms with van der Waals surface area (Å²) in [5.74, 6) is 0.253. The van der Waals surface area contributed by atoms with Crippen LogP contribution in [0.3, 0.4) is 0 Å². The summed E-state index contributed by atoms with van der Waals surface area (Å²) in [5.41, 5.74) is 0.0216. The zero-order valence-corrected chi connectivity index (χ0v) is 18.9. The summed E-state index contributed by atoms with van der Waals surface area (Å²) in [6.45, 7) is 1.66. The third kappa shape index (κ3) is 4.51. The van der Waals surface area contributed by atoms with Crippen molar-refractivity contribution in [1.82, 2.24) is 14.7 Å². The van der Waals surface area contributed by atoms with E-state index in [9.17, 15) is 23.2 Å². The van der Waals surface area contributed by atoms with Gasteiger partial charge in [0.2, 0.25) is 0 Å². The van der Waals surface area contributed by atoms with Crippen LogP contribution in [0.25, 0.3) is 0 Å². The van der Waals surface area contributed by atoms with Gasteiger partial charge in [0, 0.05) is 25.9 Å². The average molecular weight is 481 g/mol. The van der Waals surface area contributed by atoms with Crippen LogP contribution in [0.1, 0.15) is 29.2 Å². The second-order valence-electron chi connectivity index (χ2n) is 7.58. The van der Waals surface area contributed by atoms with Crippen molar-refractivity contribution in [1.29, 1.82) is 5.26 Å². The van der Waals surface area contributed by atoms with E-state index in [1.165, 1.54) is 34.3 Å². The van der Waals surface area contributed by atoms with E-state index in [4.69, 9.17) is 0 Å². The second-order valence-corrected chi connectivity index (χ2v) is 9.80. The summed E-state index contributed by atoms with van der Waals surface area (Å²) in [5, 5.41) is 19.7. The maximum Gasteiger partial charge on any atom is 0.416 e. The molecule has 168 valence electrons. The van der Waals surface area contributed by atoms with E-state index >= 15 is 0 Å². The number of aromatic nitrogens is 2. The third-order valence-electron chi connectivity index (χ3n) is 5.33. The van der Waals surface area contributed by atoms with Crippen LogP contribution in [0.15, 0.2) is 39.2 Å². The van der Waals surface area contributed by atoms with E-state index in [0.717, 1.165) is 31.6 Å². The number of hydrazone groups is 1. The lowest BCUT2D eigenvalue weighted by atomic mass is 10.1. The highest BCUT2D eigenvalue weighted by Gasteiger charge is 2.31. The molecule has 2 aliphatic heterocycles. The Morgan fingerprint density at radius 3 is 2.78 bits per heavy atom. The molecule has 0 amide bonds. The lowest BCUT2D eigenvalue weighted by molar-refractivity contribution is -0.137. The number of halogens is 3. The summed E-state index contributed by atoms with van der Waals surface area (Å²) in [6, 6.07) is 4.99. The Hall–Kier alpha value is -2.49. The van der Waals surface area contributed by atoms with Crippen LogP contribution in [0.5, 0.6) is 0 Å². The van der Waals surface area contributed by atoms with Gasteiger partial charge < -0.3 is 4.90 Å². The molecule has 0 spiro atoms. The Morgan fingerprint density at radius 2 is 2.12 bits per heavy atom. The van der Waals surface area contributed by atoms with Crippen molar-refractivity contribution < 1.29 is 13.2 Å². The molecule has 0 radical (unpaired) electrons. The minimum Gasteiger partial charge on any atom is -0.304 e. The van der Waals surface area contributed by atoms with Crippen molar-refractivity contribution in [3.63, 3.8) is 0 Å². The lowest BCUT2D eigenvalue weighted by Gasteiger charge is -2.24. The minimum atomic E-state index is -4.50. The molecule has 3 heterocycles. The Bertz CT molecular complexity index is 1170. The van der Waals surface area contributed by atoms with Gasteiger partial charge in [0.1, 0.15) is 4.90 Å². The van der Waals surface area contributed by atoms with Crippen LogP contribution < -0.4 is 10.6 Å². The normalized spacial score (nSPS) is 18.9. The van der Waals surface area contributed by atoms with Gasteiger partial charge in [-0.1, -0.05) is 29.6 Å². The average Bonchev–Trinajstić information content (AvgIpc) is 3.18. The number of nitriles is 1. The molecule has 1 fully saturated rings. The van der Waals surface area contributed by atoms with Gasteiger partial charge in [0.15, 0.2) is 4.38 Å². The van der Waals surface area contributed by atoms with Crippen LogP contribution in [0, 0.1) is 11.3 Å². The van der Waals surface area contributed by atoms with Crippen LogP contribution in [0.2, 0.25) is 0 Å². The first-order chi connectivity index (χ1) is 15.2. The predicted octanol–water partition coefficient (Wildman–Crippen LogP) is 3.76. The zero-order chi connectivity index (χ0) is 23.0. The first-order valence-electron chi connectivity index (χ1n) is 9.71. The molecule has 0 N–H and O–H groups in total. The van der Waals surface area contributed by atoms with Gasteiger partial charge in [-0.15, -0.1) is 0 Å². The van der Waals surface area contributed by atoms with Crippen molar-refractivity contribution in [3.05, 3.63) is 51.4 Å². The summed E-state index contributed by atoms with van der Waals surface area (Å²) < 4.78 is 40.9. The zero-order valence-electron chi connectivity index (χ0n) is 17.3. The smallest absolute Gasteiger partial charge is 0.304 e. The minimum absolute atomic E-state index is 0.0176. The molecule has 1 atom stereocenters. The van der Waals surface area contributed by atoms with Crippen LogP contribution in [-0.2, 0) is 11.9 Å². The fraction of sp³-hybridized carbons (Fsp3) is 0.400. The molecule has 1 aromatic heterocycles. The van der Waals surface area contributed by atoms with Crippen molar-refractivity contribution >= 4 is 33.6 Å². The molecule has 1 saturated heterocycles. The summed E-state index contributed by atoms with van der Waals surface area (Å²) >= 11 is 2.49. The van der Waals surface area contributed by atoms with E-state index in [0.29, 0.717) is 20.5 Å². The molecule has 0 saturated carbocycles. The molecule has 1 aromatic carbocycles. The number of fused-ring (bicyclic) bond motifs is 1. The van der Waals surface area contributed by atoms with E-state index in [-0.39, 0.29) is 22.9 Å². The SMILES string of the molecule is CN1CCC(n2ncc3c(c2=O)SC(SCc2ccc(C(F)(F)F)cc2C#N)=NN3C)C1. The highest BCUT2D eigenvalue weighted by molar-refractivity contribution is 8.38. The summed E-state index contributed by atoms with van der Waals surface area (Å²) in [4.78, 5) is 15.8. The first kappa shape index (κ1) is 22.7. The van der Waals surface area contributed by atoms with Crippen molar-refractivity contribution in [2.45, 2.75) is 29.3 Å². The molecular weight excluding hydrogens is 461 g/mol. The molecule has 12 heteroatoms. The van der Waals surface area contributed by atoms with Gasteiger partial charge in [0.25, 0.3) is 5.56 Å². The summed E-state index contributed by atoms with van der Waals surface area (Å²) in [6.07, 6.45) is -2.02. The fourth-order valence-corrected chi connectivity index (χ4v) is 5.79. The Morgan fingerprint density at radius 1 is 1.34 bits per heavy atom. The van der Waals surface area contributed by atoms with Gasteiger partial charge in [-0.05, 0) is 31.2 Å². The molecule has 4 rings (SSSR count). The van der Waals surface area contributed by atoms with Crippen molar-refractivity contribution in [3.8, 4) is 6.07 Å². The Labute approximate surface area is 190 Å². The Balaban J connectivity index is 1.54. The largest absolute Gasteiger partial charge is 0.416 e. The van der Waals surface area contributed by atoms with Gasteiger partial charge in [-0.25, -0.2) is 4.68 Å². The monoisotopic (exact) mass is 480 g/mol. The van der Waals surface area contributed by atoms with Gasteiger partial charge in [-0.2, -0.15) is 28.6 Å². The molecule has 1 unspecified atom stereocenters. The molecular formula is C20H19F3N6OS2.